The van der Waals surface area contributed by atoms with Crippen LogP contribution in [0.25, 0.3) is 0 Å². The van der Waals surface area contributed by atoms with E-state index in [4.69, 9.17) is 0 Å². The number of hydrogen-bond donors (Lipinski definition) is 1. The van der Waals surface area contributed by atoms with E-state index >= 15 is 0 Å². The van der Waals surface area contributed by atoms with E-state index in [2.05, 4.69) is 5.32 Å². The first-order valence-corrected chi connectivity index (χ1v) is 8.34. The second-order valence-electron chi connectivity index (χ2n) is 6.13. The van der Waals surface area contributed by atoms with Gasteiger partial charge in [0.15, 0.2) is 5.56 Å². The van der Waals surface area contributed by atoms with Gasteiger partial charge in [0.2, 0.25) is 5.91 Å². The summed E-state index contributed by atoms with van der Waals surface area (Å²) in [7, 11) is 2.92. The van der Waals surface area contributed by atoms with E-state index in [1.807, 2.05) is 22.8 Å². The molecule has 25 heavy (non-hydrogen) atoms. The minimum absolute atomic E-state index is 0.00556. The zero-order chi connectivity index (χ0) is 18.6. The van der Waals surface area contributed by atoms with Crippen LogP contribution in [0.5, 0.6) is 0 Å². The lowest BCUT2D eigenvalue weighted by atomic mass is 10.2. The SMILES string of the molecule is CCCNC(=O)CN1CCN(c2c(C#N)c(=O)n(C)c(=O)n2C)CC1. The average Bonchev–Trinajstić information content (AvgIpc) is 2.62. The molecule has 0 radical (unpaired) electrons. The van der Waals surface area contributed by atoms with E-state index in [1.165, 1.54) is 11.6 Å². The van der Waals surface area contributed by atoms with Crippen molar-refractivity contribution >= 4 is 11.7 Å². The van der Waals surface area contributed by atoms with E-state index in [0.717, 1.165) is 11.0 Å². The van der Waals surface area contributed by atoms with Gasteiger partial charge in [-0.15, -0.1) is 0 Å². The molecule has 1 aliphatic heterocycles. The number of carbonyl (C=O) groups excluding carboxylic acids is 1. The van der Waals surface area contributed by atoms with Gasteiger partial charge in [-0.3, -0.25) is 23.6 Å². The number of piperazine rings is 1. The maximum absolute atomic E-state index is 12.2. The molecule has 0 aromatic carbocycles. The van der Waals surface area contributed by atoms with Gasteiger partial charge in [-0.2, -0.15) is 5.26 Å². The molecule has 1 saturated heterocycles. The highest BCUT2D eigenvalue weighted by atomic mass is 16.2. The van der Waals surface area contributed by atoms with Crippen LogP contribution in [0.2, 0.25) is 0 Å². The molecule has 0 aliphatic carbocycles. The van der Waals surface area contributed by atoms with Gasteiger partial charge in [0, 0.05) is 46.8 Å². The molecule has 9 heteroatoms. The molecule has 0 spiro atoms. The number of anilines is 1. The first kappa shape index (κ1) is 18.7. The number of nitrogens with zero attached hydrogens (tertiary/aromatic N) is 5. The summed E-state index contributed by atoms with van der Waals surface area (Å²) < 4.78 is 2.28. The first-order chi connectivity index (χ1) is 11.9. The summed E-state index contributed by atoms with van der Waals surface area (Å²) in [5.41, 5.74) is -1.07. The van der Waals surface area contributed by atoms with E-state index < -0.39 is 11.2 Å². The van der Waals surface area contributed by atoms with Crippen molar-refractivity contribution in [2.24, 2.45) is 14.1 Å². The summed E-state index contributed by atoms with van der Waals surface area (Å²) >= 11 is 0. The van der Waals surface area contributed by atoms with Gasteiger partial charge in [-0.05, 0) is 6.42 Å². The highest BCUT2D eigenvalue weighted by molar-refractivity contribution is 5.78. The minimum Gasteiger partial charge on any atom is -0.355 e. The molecule has 1 fully saturated rings. The molecule has 2 heterocycles. The first-order valence-electron chi connectivity index (χ1n) is 8.34. The van der Waals surface area contributed by atoms with Crippen LogP contribution in [0.3, 0.4) is 0 Å². The molecule has 0 atom stereocenters. The van der Waals surface area contributed by atoms with Crippen LogP contribution in [-0.4, -0.2) is 59.2 Å². The summed E-state index contributed by atoms with van der Waals surface area (Å²) in [6.07, 6.45) is 0.896. The normalized spacial score (nSPS) is 15.0. The Bertz CT molecular complexity index is 796. The molecule has 1 N–H and O–H groups in total. The third kappa shape index (κ3) is 3.91. The van der Waals surface area contributed by atoms with Crippen LogP contribution in [0.1, 0.15) is 18.9 Å². The van der Waals surface area contributed by atoms with E-state index in [1.54, 1.807) is 7.05 Å². The van der Waals surface area contributed by atoms with E-state index in [0.29, 0.717) is 45.1 Å². The molecule has 0 unspecified atom stereocenters. The quantitative estimate of drug-likeness (QED) is 0.702. The lowest BCUT2D eigenvalue weighted by molar-refractivity contribution is -0.122. The van der Waals surface area contributed by atoms with Crippen LogP contribution >= 0.6 is 0 Å². The van der Waals surface area contributed by atoms with Gasteiger partial charge < -0.3 is 10.2 Å². The molecule has 1 aromatic heterocycles. The Labute approximate surface area is 146 Å². The Morgan fingerprint density at radius 3 is 2.36 bits per heavy atom. The Hall–Kier alpha value is -2.60. The molecule has 1 amide bonds. The molecule has 0 saturated carbocycles. The number of nitriles is 1. The smallest absolute Gasteiger partial charge is 0.332 e. The Morgan fingerprint density at radius 2 is 1.80 bits per heavy atom. The Morgan fingerprint density at radius 1 is 1.16 bits per heavy atom. The van der Waals surface area contributed by atoms with Gasteiger partial charge in [-0.1, -0.05) is 6.92 Å². The highest BCUT2D eigenvalue weighted by Gasteiger charge is 2.25. The minimum atomic E-state index is -0.582. The Kier molecular flexibility index (Phi) is 5.98. The predicted octanol–water partition coefficient (Wildman–Crippen LogP) is -1.40. The second kappa shape index (κ2) is 7.98. The molecule has 1 aliphatic rings. The molecule has 1 aromatic rings. The van der Waals surface area contributed by atoms with Crippen LogP contribution in [0.15, 0.2) is 9.59 Å². The maximum atomic E-state index is 12.2. The van der Waals surface area contributed by atoms with Gasteiger partial charge in [0.25, 0.3) is 5.56 Å². The fourth-order valence-corrected chi connectivity index (χ4v) is 2.94. The molecular weight excluding hydrogens is 324 g/mol. The topological polar surface area (TPSA) is 103 Å². The third-order valence-electron chi connectivity index (χ3n) is 4.36. The van der Waals surface area contributed by atoms with Crippen LogP contribution < -0.4 is 21.5 Å². The summed E-state index contributed by atoms with van der Waals surface area (Å²) in [6, 6.07) is 1.92. The lowest BCUT2D eigenvalue weighted by Crippen LogP contribution is -2.52. The van der Waals surface area contributed by atoms with Crippen molar-refractivity contribution in [2.75, 3.05) is 44.2 Å². The van der Waals surface area contributed by atoms with Crippen molar-refractivity contribution in [3.63, 3.8) is 0 Å². The fourth-order valence-electron chi connectivity index (χ4n) is 2.94. The molecule has 0 bridgehead atoms. The molecular formula is C16H24N6O3. The fraction of sp³-hybridized carbons (Fsp3) is 0.625. The highest BCUT2D eigenvalue weighted by Crippen LogP contribution is 2.16. The van der Waals surface area contributed by atoms with Crippen molar-refractivity contribution in [3.8, 4) is 6.07 Å². The van der Waals surface area contributed by atoms with Gasteiger partial charge in [0.1, 0.15) is 11.9 Å². The number of hydrogen-bond acceptors (Lipinski definition) is 6. The predicted molar refractivity (Wildman–Crippen MR) is 93.6 cm³/mol. The summed E-state index contributed by atoms with van der Waals surface area (Å²) in [6.45, 7) is 5.31. The molecule has 2 rings (SSSR count). The summed E-state index contributed by atoms with van der Waals surface area (Å²) in [5.74, 6) is 0.347. The largest absolute Gasteiger partial charge is 0.355 e. The van der Waals surface area contributed by atoms with Gasteiger partial charge in [-0.25, -0.2) is 4.79 Å². The van der Waals surface area contributed by atoms with E-state index in [-0.39, 0.29) is 11.5 Å². The average molecular weight is 348 g/mol. The molecule has 136 valence electrons. The summed E-state index contributed by atoms with van der Waals surface area (Å²) in [5, 5.41) is 12.2. The van der Waals surface area contributed by atoms with Crippen molar-refractivity contribution in [3.05, 3.63) is 26.4 Å². The van der Waals surface area contributed by atoms with Crippen LogP contribution in [0, 0.1) is 11.3 Å². The third-order valence-corrected chi connectivity index (χ3v) is 4.36. The van der Waals surface area contributed by atoms with Gasteiger partial charge in [0.05, 0.1) is 6.54 Å². The zero-order valence-electron chi connectivity index (χ0n) is 14.9. The van der Waals surface area contributed by atoms with Crippen LogP contribution in [0.4, 0.5) is 5.82 Å². The number of nitrogens with one attached hydrogen (secondary N) is 1. The van der Waals surface area contributed by atoms with Crippen molar-refractivity contribution < 1.29 is 4.79 Å². The Balaban J connectivity index is 2.14. The maximum Gasteiger partial charge on any atom is 0.332 e. The monoisotopic (exact) mass is 348 g/mol. The zero-order valence-corrected chi connectivity index (χ0v) is 14.9. The lowest BCUT2D eigenvalue weighted by Gasteiger charge is -2.36. The van der Waals surface area contributed by atoms with Gasteiger partial charge >= 0.3 is 5.69 Å². The number of aromatic nitrogens is 2. The van der Waals surface area contributed by atoms with Crippen molar-refractivity contribution in [1.29, 1.82) is 5.26 Å². The second-order valence-corrected chi connectivity index (χ2v) is 6.13. The van der Waals surface area contributed by atoms with Crippen LogP contribution in [-0.2, 0) is 18.9 Å². The number of rotatable bonds is 5. The summed E-state index contributed by atoms with van der Waals surface area (Å²) in [4.78, 5) is 40.0. The molecule has 9 nitrogen and oxygen atoms in total. The van der Waals surface area contributed by atoms with Crippen molar-refractivity contribution in [2.45, 2.75) is 13.3 Å². The number of carbonyl (C=O) groups is 1. The standard InChI is InChI=1S/C16H24N6O3/c1-4-5-18-13(23)11-21-6-8-22(9-7-21)14-12(10-17)15(24)20(3)16(25)19(14)2/h4-9,11H2,1-3H3,(H,18,23). The van der Waals surface area contributed by atoms with E-state index in [9.17, 15) is 19.6 Å². The van der Waals surface area contributed by atoms with Crippen molar-refractivity contribution in [1.82, 2.24) is 19.4 Å². The number of amides is 1.